The lowest BCUT2D eigenvalue weighted by Crippen LogP contribution is -2.32. The zero-order valence-corrected chi connectivity index (χ0v) is 14.2. The number of rotatable bonds is 12. The molecule has 0 radical (unpaired) electrons. The van der Waals surface area contributed by atoms with Crippen molar-refractivity contribution in [2.24, 2.45) is 5.13 Å². The maximum absolute atomic E-state index is 13.0. The van der Waals surface area contributed by atoms with Gasteiger partial charge in [-0.15, -0.1) is 0 Å². The van der Waals surface area contributed by atoms with Crippen LogP contribution in [0.2, 0.25) is 4.24 Å². The van der Waals surface area contributed by atoms with E-state index in [0.29, 0.717) is 0 Å². The van der Waals surface area contributed by atoms with E-state index in [2.05, 4.69) is 9.47 Å². The first kappa shape index (κ1) is 5.24. The molecular weight excluding hydrogens is 380 g/mol. The smallest absolute Gasteiger partial charge is 0.241 e. The Hall–Kier alpha value is -2.29. The minimum Gasteiger partial charge on any atom is -0.495 e. The lowest BCUT2D eigenvalue weighted by atomic mass is 10.1. The zero-order valence-electron chi connectivity index (χ0n) is 41.3. The molecule has 2 aromatic rings. The second-order valence-electron chi connectivity index (χ2n) is 4.25. The number of benzene rings is 2. The summed E-state index contributed by atoms with van der Waals surface area (Å²) < 4.78 is 262. The standard InChI is InChI=1S/C20H28N2O5S/c1-4-26-17-7-5-6-8-18(17)27-12-11-22-15(2)13-16-9-10-19(25-3)20(14-16)28(21,23)24/h5-10,14-15,22H,4,11-13H2,1-3H3,(H2,21,23,24)/t15-/m0/s1/i1D3,2D3,3D3,4D2,5D,6D,7D,8D,9D,10D,11D2,12D2,13D2,14D,15D/hD3. The third-order valence-electron chi connectivity index (χ3n) is 2.49. The molecule has 0 spiro atoms. The first-order chi connectivity index (χ1) is 24.5. The number of hydrogen-bond acceptors (Lipinski definition) is 6. The van der Waals surface area contributed by atoms with Crippen LogP contribution < -0.4 is 24.6 Å². The summed E-state index contributed by atoms with van der Waals surface area (Å²) in [6.45, 7) is -21.2. The van der Waals surface area contributed by atoms with E-state index >= 15 is 0 Å². The van der Waals surface area contributed by atoms with Crippen LogP contribution in [0.15, 0.2) is 47.2 Å². The minimum absolute atomic E-state index is 1.19. The van der Waals surface area contributed by atoms with Gasteiger partial charge in [0, 0.05) is 27.6 Å². The van der Waals surface area contributed by atoms with Gasteiger partial charge in [0.15, 0.2) is 11.5 Å². The number of methoxy groups -OCH3 is 1. The van der Waals surface area contributed by atoms with Crippen LogP contribution in [-0.2, 0) is 16.4 Å². The first-order valence-electron chi connectivity index (χ1n) is 20.5. The molecule has 0 bridgehead atoms. The maximum Gasteiger partial charge on any atom is 0.241 e. The Morgan fingerprint density at radius 2 is 2.14 bits per heavy atom. The average molecular weight is 437 g/mol. The highest BCUT2D eigenvalue weighted by atomic mass is 32.2. The minimum atomic E-state index is -5.88. The van der Waals surface area contributed by atoms with Crippen LogP contribution in [0.1, 0.15) is 53.5 Å². The number of sulfonamides is 1. The Balaban J connectivity index is 3.06. The van der Waals surface area contributed by atoms with Crippen molar-refractivity contribution < 1.29 is 61.1 Å². The summed E-state index contributed by atoms with van der Waals surface area (Å²) in [7, 11) is -9.58. The summed E-state index contributed by atoms with van der Waals surface area (Å²) in [5, 5.41) is -2.50. The van der Waals surface area contributed by atoms with E-state index in [0.717, 1.165) is 0 Å². The fourth-order valence-corrected chi connectivity index (χ4v) is 2.03. The largest absolute Gasteiger partial charge is 0.495 e. The fraction of sp³-hybridized carbons (Fsp3) is 0.400. The first-order valence-corrected chi connectivity index (χ1v) is 8.08. The van der Waals surface area contributed by atoms with Gasteiger partial charge in [0.2, 0.25) is 10.0 Å². The Morgan fingerprint density at radius 3 is 2.86 bits per heavy atom. The molecule has 0 aliphatic rings. The van der Waals surface area contributed by atoms with Gasteiger partial charge in [-0.2, -0.15) is 0 Å². The van der Waals surface area contributed by atoms with Crippen LogP contribution in [0.3, 0.4) is 0 Å². The molecule has 3 N–H and O–H groups in total. The molecule has 0 unspecified atom stereocenters. The Morgan fingerprint density at radius 1 is 1.32 bits per heavy atom. The van der Waals surface area contributed by atoms with Crippen molar-refractivity contribution in [3.8, 4) is 17.2 Å². The average Bonchev–Trinajstić information content (AvgIpc) is 2.99. The summed E-state index contributed by atoms with van der Waals surface area (Å²) in [5.41, 5.74) is -2.01. The van der Waals surface area contributed by atoms with Gasteiger partial charge in [0.1, 0.15) is 21.4 Å². The monoisotopic (exact) mass is 436 g/mol. The number of primary sulfonamides is 1. The normalized spacial score (nSPS) is 31.8. The Kier molecular flexibility index (Phi) is 1.93. The van der Waals surface area contributed by atoms with Crippen molar-refractivity contribution in [3.63, 3.8) is 0 Å². The topological polar surface area (TPSA) is 99.9 Å². The van der Waals surface area contributed by atoms with Crippen LogP contribution in [-0.4, -0.2) is 41.1 Å². The van der Waals surface area contributed by atoms with Crippen molar-refractivity contribution in [1.82, 2.24) is 5.31 Å². The molecule has 2 rings (SSSR count). The molecule has 8 heteroatoms. The second kappa shape index (κ2) is 10.3. The molecular formula is C20H28N2O5S. The number of ether oxygens (including phenoxy) is 3. The van der Waals surface area contributed by atoms with E-state index in [1.54, 1.807) is 0 Å². The van der Waals surface area contributed by atoms with Gasteiger partial charge in [0.05, 0.1) is 32.8 Å². The number of hydrogen-bond donors (Lipinski definition) is 2. The second-order valence-corrected chi connectivity index (χ2v) is 5.61. The third-order valence-corrected chi connectivity index (χ3v) is 3.29. The SMILES string of the molecule is [2H]c1c([2H])c([2H])c(OC([2H])([2H])C([2H])([2H])N([2H])[C@@]([2H])(C([2H])([2H])[2H])C([2H])([2H])c2c([2H])c([2H])c(OC([2H])([2H])[2H])c(S(=O)(=O)N([2H])[2H])c2[2H])c(OC([2H])([2H])C([2H])([2H])[2H])c1[2H]. The Bertz CT molecular complexity index is 1960. The molecule has 7 nitrogen and oxygen atoms in total. The van der Waals surface area contributed by atoms with Gasteiger partial charge in [-0.25, -0.2) is 13.5 Å². The van der Waals surface area contributed by atoms with Crippen LogP contribution in [0.4, 0.5) is 0 Å². The fourth-order valence-electron chi connectivity index (χ4n) is 1.48. The van der Waals surface area contributed by atoms with E-state index in [1.165, 1.54) is 0 Å². The van der Waals surface area contributed by atoms with E-state index in [4.69, 9.17) is 43.2 Å². The van der Waals surface area contributed by atoms with Crippen molar-refractivity contribution in [3.05, 3.63) is 47.9 Å². The third kappa shape index (κ3) is 6.40. The molecule has 0 aliphatic carbocycles. The molecule has 0 heterocycles. The summed E-state index contributed by atoms with van der Waals surface area (Å²) in [4.78, 5) is -2.02. The van der Waals surface area contributed by atoms with E-state index in [1.807, 2.05) is 0 Å². The predicted octanol–water partition coefficient (Wildman–Crippen LogP) is 2.34. The lowest BCUT2D eigenvalue weighted by Gasteiger charge is -2.16. The molecule has 154 valence electrons. The Labute approximate surface area is 206 Å². The van der Waals surface area contributed by atoms with Crippen molar-refractivity contribution in [2.75, 3.05) is 26.7 Å². The summed E-state index contributed by atoms with van der Waals surface area (Å²) in [5.74, 6) is -5.07. The van der Waals surface area contributed by atoms with Gasteiger partial charge in [-0.3, -0.25) is 0 Å². The van der Waals surface area contributed by atoms with Gasteiger partial charge in [-0.1, -0.05) is 18.1 Å². The lowest BCUT2D eigenvalue weighted by molar-refractivity contribution is 0.272. The highest BCUT2D eigenvalue weighted by Gasteiger charge is 2.16. The number of nitrogens with one attached hydrogen (secondary N) is 1. The zero-order chi connectivity index (χ0) is 44.7. The molecule has 2 aromatic carbocycles. The molecule has 0 aromatic heterocycles. The van der Waals surface area contributed by atoms with Gasteiger partial charge >= 0.3 is 0 Å². The van der Waals surface area contributed by atoms with Crippen molar-refractivity contribution in [1.29, 1.82) is 0 Å². The number of nitrogens with two attached hydrogens (primary N) is 1. The molecule has 1 atom stereocenters. The van der Waals surface area contributed by atoms with Crippen LogP contribution in [0.25, 0.3) is 0 Å². The van der Waals surface area contributed by atoms with Crippen LogP contribution >= 0.6 is 0 Å². The molecule has 0 saturated heterocycles. The van der Waals surface area contributed by atoms with E-state index in [-0.39, 0.29) is 0 Å². The van der Waals surface area contributed by atoms with E-state index in [9.17, 15) is 8.42 Å². The molecule has 0 aliphatic heterocycles. The van der Waals surface area contributed by atoms with Gasteiger partial charge in [-0.05, 0) is 49.8 Å². The van der Waals surface area contributed by atoms with Crippen molar-refractivity contribution >= 4 is 10.0 Å². The molecule has 0 amide bonds. The highest BCUT2D eigenvalue weighted by Crippen LogP contribution is 2.26. The summed E-state index contributed by atoms with van der Waals surface area (Å²) in [6, 6.07) is -15.9. The molecule has 28 heavy (non-hydrogen) atoms. The van der Waals surface area contributed by atoms with Gasteiger partial charge < -0.3 is 19.5 Å². The highest BCUT2D eigenvalue weighted by molar-refractivity contribution is 7.89. The number of para-hydroxylation sites is 2. The van der Waals surface area contributed by atoms with Crippen LogP contribution in [0.5, 0.6) is 17.2 Å². The summed E-state index contributed by atoms with van der Waals surface area (Å²) >= 11 is 0. The summed E-state index contributed by atoms with van der Waals surface area (Å²) in [6.07, 6.45) is -4.59. The van der Waals surface area contributed by atoms with Crippen LogP contribution in [0, 0.1) is 0 Å². The van der Waals surface area contributed by atoms with Gasteiger partial charge in [0.25, 0.3) is 0 Å². The van der Waals surface area contributed by atoms with Crippen molar-refractivity contribution in [2.45, 2.75) is 31.0 Å². The quantitative estimate of drug-likeness (QED) is 0.530. The molecule has 0 fully saturated rings. The van der Waals surface area contributed by atoms with E-state index < -0.39 is 143 Å². The maximum atomic E-state index is 13.0. The molecule has 0 saturated carbocycles. The predicted molar refractivity (Wildman–Crippen MR) is 109 cm³/mol.